The van der Waals surface area contributed by atoms with Crippen LogP contribution in [0.2, 0.25) is 5.02 Å². The van der Waals surface area contributed by atoms with Gasteiger partial charge in [0.25, 0.3) is 5.91 Å². The van der Waals surface area contributed by atoms with Crippen LogP contribution in [0.15, 0.2) is 85.3 Å². The van der Waals surface area contributed by atoms with E-state index in [9.17, 15) is 24.0 Å². The lowest BCUT2D eigenvalue weighted by Gasteiger charge is -2.39. The number of carbonyl (C=O) groups excluding carboxylic acids is 5. The number of fused-ring (bicyclic) bond motifs is 1. The summed E-state index contributed by atoms with van der Waals surface area (Å²) in [4.78, 5) is 88.9. The van der Waals surface area contributed by atoms with Crippen molar-refractivity contribution in [2.24, 2.45) is 11.7 Å². The van der Waals surface area contributed by atoms with Gasteiger partial charge in [-0.05, 0) is 105 Å². The highest BCUT2D eigenvalue weighted by Gasteiger charge is 2.40. The van der Waals surface area contributed by atoms with Crippen molar-refractivity contribution in [2.45, 2.75) is 108 Å². The summed E-state index contributed by atoms with van der Waals surface area (Å²) in [5, 5.41) is 14.3. The highest BCUT2D eigenvalue weighted by Crippen LogP contribution is 2.32. The zero-order valence-corrected chi connectivity index (χ0v) is 48.9. The van der Waals surface area contributed by atoms with Crippen LogP contribution in [0.1, 0.15) is 117 Å². The minimum atomic E-state index is -1.04. The van der Waals surface area contributed by atoms with Crippen LogP contribution in [0.5, 0.6) is 11.5 Å². The van der Waals surface area contributed by atoms with Gasteiger partial charge in [0.15, 0.2) is 0 Å². The molecular formula is C62H83ClN12O8. The fourth-order valence-electron chi connectivity index (χ4n) is 12.1. The number of methoxy groups -OCH3 is 1. The number of rotatable bonds is 25. The Morgan fingerprint density at radius 1 is 0.843 bits per heavy atom. The first kappa shape index (κ1) is 60.7. The molecule has 20 nitrogen and oxygen atoms in total. The summed E-state index contributed by atoms with van der Waals surface area (Å²) in [6, 6.07) is 21.8. The van der Waals surface area contributed by atoms with Crippen LogP contribution in [-0.2, 0) is 30.5 Å². The van der Waals surface area contributed by atoms with Crippen LogP contribution >= 0.6 is 11.6 Å². The molecule has 5 amide bonds. The Balaban J connectivity index is 0.684. The van der Waals surface area contributed by atoms with Gasteiger partial charge < -0.3 is 60.9 Å². The molecule has 446 valence electrons. The van der Waals surface area contributed by atoms with Crippen molar-refractivity contribution in [2.75, 3.05) is 104 Å². The molecule has 5 heterocycles. The highest BCUT2D eigenvalue weighted by molar-refractivity contribution is 6.30. The van der Waals surface area contributed by atoms with E-state index >= 15 is 0 Å². The molecule has 0 bridgehead atoms. The molecule has 1 unspecified atom stereocenters. The quantitative estimate of drug-likeness (QED) is 0.0362. The van der Waals surface area contributed by atoms with Gasteiger partial charge in [0.2, 0.25) is 23.6 Å². The first-order valence-corrected chi connectivity index (χ1v) is 30.2. The van der Waals surface area contributed by atoms with Crippen LogP contribution < -0.4 is 41.4 Å². The molecule has 3 aromatic carbocycles. The molecule has 0 radical (unpaired) electrons. The highest BCUT2D eigenvalue weighted by atomic mass is 35.5. The standard InChI is InChI=1S/C62H83ClN12O8/c1-3-83-53-38-50(81-2)19-16-47(53)39-65-40-55(77)75-27-8-13-48(41-75)45-11-7-12-46(37-45)59(78)71-56(44-9-5-4-6-10-44)60(79)67-26-36-82-35-22-54(76)73-33-31-72(32-34-73)28-21-52(43-14-17-49(63)18-15-43)70-61(80)62(64)23-29-74(30-24-62)58-51-20-25-66-57(51)68-42-69-58/h7,11-12,14-20,25,37-38,42,44,48,52,56,65H,3-6,8-10,13,21-24,26-36,39-41,64H2,1-2H3,(H,67,79)(H,70,80)(H,71,78)(H,66,68,69)/t48?,52-,56+/m0/s1. The lowest BCUT2D eigenvalue weighted by Crippen LogP contribution is -2.60. The largest absolute Gasteiger partial charge is 0.497 e. The monoisotopic (exact) mass is 1160 g/mol. The Morgan fingerprint density at radius 3 is 2.41 bits per heavy atom. The maximum atomic E-state index is 14.0. The summed E-state index contributed by atoms with van der Waals surface area (Å²) < 4.78 is 17.0. The van der Waals surface area contributed by atoms with E-state index in [0.29, 0.717) is 108 Å². The number of carbonyl (C=O) groups is 5. The van der Waals surface area contributed by atoms with Crippen molar-refractivity contribution in [1.29, 1.82) is 0 Å². The number of hydrogen-bond donors (Lipinski definition) is 6. The molecule has 1 aliphatic carbocycles. The molecule has 0 spiro atoms. The Hall–Kier alpha value is -6.84. The lowest BCUT2D eigenvalue weighted by atomic mass is 9.83. The van der Waals surface area contributed by atoms with Gasteiger partial charge in [0.1, 0.15) is 35.3 Å². The third-order valence-electron chi connectivity index (χ3n) is 17.0. The smallest absolute Gasteiger partial charge is 0.251 e. The summed E-state index contributed by atoms with van der Waals surface area (Å²) >= 11 is 6.27. The Morgan fingerprint density at radius 2 is 1.64 bits per heavy atom. The number of aromatic amines is 1. The molecule has 3 saturated heterocycles. The van der Waals surface area contributed by atoms with Crippen LogP contribution in [0, 0.1) is 5.92 Å². The minimum Gasteiger partial charge on any atom is -0.497 e. The van der Waals surface area contributed by atoms with Gasteiger partial charge in [-0.2, -0.15) is 0 Å². The first-order valence-electron chi connectivity index (χ1n) is 29.8. The fourth-order valence-corrected chi connectivity index (χ4v) is 12.2. The third kappa shape index (κ3) is 16.3. The summed E-state index contributed by atoms with van der Waals surface area (Å²) in [7, 11) is 1.62. The number of piperazine rings is 1. The van der Waals surface area contributed by atoms with Crippen molar-refractivity contribution in [3.05, 3.63) is 113 Å². The maximum absolute atomic E-state index is 14.0. The average molecular weight is 1160 g/mol. The Labute approximate surface area is 492 Å². The van der Waals surface area contributed by atoms with E-state index in [0.717, 1.165) is 84.2 Å². The van der Waals surface area contributed by atoms with Crippen LogP contribution in [0.4, 0.5) is 5.82 Å². The van der Waals surface area contributed by atoms with Gasteiger partial charge in [0, 0.05) is 106 Å². The topological polar surface area (TPSA) is 242 Å². The normalized spacial score (nSPS) is 18.5. The molecule has 9 rings (SSSR count). The average Bonchev–Trinajstić information content (AvgIpc) is 4.26. The van der Waals surface area contributed by atoms with Crippen LogP contribution in [0.3, 0.4) is 0 Å². The van der Waals surface area contributed by atoms with Crippen LogP contribution in [0.25, 0.3) is 11.0 Å². The Bertz CT molecular complexity index is 2960. The molecule has 4 fully saturated rings. The number of likely N-dealkylation sites (tertiary alicyclic amines) is 1. The lowest BCUT2D eigenvalue weighted by molar-refractivity contribution is -0.134. The van der Waals surface area contributed by atoms with Gasteiger partial charge in [-0.15, -0.1) is 0 Å². The number of halogens is 1. The number of H-pyrrole nitrogens is 1. The zero-order valence-electron chi connectivity index (χ0n) is 48.2. The van der Waals surface area contributed by atoms with Gasteiger partial charge >= 0.3 is 0 Å². The summed E-state index contributed by atoms with van der Waals surface area (Å²) in [5.41, 5.74) is 9.97. The number of nitrogens with two attached hydrogens (primary N) is 1. The van der Waals surface area contributed by atoms with Gasteiger partial charge in [-0.25, -0.2) is 9.97 Å². The number of amides is 5. The van der Waals surface area contributed by atoms with E-state index in [1.54, 1.807) is 19.5 Å². The first-order chi connectivity index (χ1) is 40.4. The van der Waals surface area contributed by atoms with Crippen molar-refractivity contribution < 1.29 is 38.2 Å². The molecule has 83 heavy (non-hydrogen) atoms. The van der Waals surface area contributed by atoms with E-state index in [1.807, 2.05) is 89.7 Å². The van der Waals surface area contributed by atoms with Gasteiger partial charge in [-0.3, -0.25) is 28.9 Å². The van der Waals surface area contributed by atoms with E-state index in [4.69, 9.17) is 31.5 Å². The van der Waals surface area contributed by atoms with Crippen molar-refractivity contribution in [3.8, 4) is 11.5 Å². The SMILES string of the molecule is CCOc1cc(OC)ccc1CNCC(=O)N1CCCC(c2cccc(C(=O)N[C@@H](C(=O)NCCOCCC(=O)N3CCN(CC[C@H](NC(=O)C4(N)CCN(c5ncnc6[nH]ccc56)CC4)c4ccc(Cl)cc4)CC3)C3CCCCC3)c2)C1. The van der Waals surface area contributed by atoms with Gasteiger partial charge in [-0.1, -0.05) is 61.2 Å². The van der Waals surface area contributed by atoms with Crippen LogP contribution in [-0.4, -0.2) is 170 Å². The molecule has 3 aliphatic heterocycles. The molecule has 21 heteroatoms. The molecule has 7 N–H and O–H groups in total. The van der Waals surface area contributed by atoms with E-state index in [-0.39, 0.29) is 80.1 Å². The number of aromatic nitrogens is 3. The Kier molecular flexibility index (Phi) is 21.7. The van der Waals surface area contributed by atoms with Crippen molar-refractivity contribution in [3.63, 3.8) is 0 Å². The summed E-state index contributed by atoms with van der Waals surface area (Å²) in [5.74, 6) is 1.66. The van der Waals surface area contributed by atoms with E-state index in [2.05, 4.69) is 46.0 Å². The predicted octanol–water partition coefficient (Wildman–Crippen LogP) is 6.11. The molecular weight excluding hydrogens is 1080 g/mol. The number of anilines is 1. The molecule has 1 saturated carbocycles. The number of nitrogens with one attached hydrogen (secondary N) is 5. The second-order valence-electron chi connectivity index (χ2n) is 22.5. The molecule has 4 aliphatic rings. The zero-order chi connectivity index (χ0) is 58.1. The van der Waals surface area contributed by atoms with Crippen molar-refractivity contribution in [1.82, 2.24) is 50.9 Å². The maximum Gasteiger partial charge on any atom is 0.251 e. The second-order valence-corrected chi connectivity index (χ2v) is 22.9. The van der Waals surface area contributed by atoms with Crippen molar-refractivity contribution >= 4 is 58.0 Å². The molecule has 5 aromatic rings. The predicted molar refractivity (Wildman–Crippen MR) is 319 cm³/mol. The number of benzene rings is 3. The summed E-state index contributed by atoms with van der Waals surface area (Å²) in [6.45, 7) is 9.47. The molecule has 2 aromatic heterocycles. The number of nitrogens with zero attached hydrogens (tertiary/aromatic N) is 6. The fraction of sp³-hybridized carbons (Fsp3) is 0.532. The van der Waals surface area contributed by atoms with Gasteiger partial charge in [0.05, 0.1) is 56.9 Å². The van der Waals surface area contributed by atoms with E-state index in [1.165, 1.54) is 0 Å². The minimum absolute atomic E-state index is 0.00894. The third-order valence-corrected chi connectivity index (χ3v) is 17.3. The number of piperidine rings is 2. The number of hydrogen-bond acceptors (Lipinski definition) is 14. The number of ether oxygens (including phenoxy) is 3. The van der Waals surface area contributed by atoms with E-state index < -0.39 is 11.6 Å². The molecule has 3 atom stereocenters. The second kappa shape index (κ2) is 29.6. The summed E-state index contributed by atoms with van der Waals surface area (Å²) in [6.07, 6.45) is 11.8.